The predicted molar refractivity (Wildman–Crippen MR) is 317 cm³/mol. The van der Waals surface area contributed by atoms with Gasteiger partial charge < -0.3 is 9.13 Å². The Morgan fingerprint density at radius 1 is 0.315 bits per heavy atom. The first-order valence-corrected chi connectivity index (χ1v) is 27.4. The molecule has 0 aliphatic heterocycles. The highest BCUT2D eigenvalue weighted by atomic mass is 19.4. The molecule has 0 saturated heterocycles. The monoisotopic (exact) mass is 1220 g/mol. The van der Waals surface area contributed by atoms with Gasteiger partial charge in [0.2, 0.25) is 0 Å². The Labute approximate surface area is 497 Å². The van der Waals surface area contributed by atoms with Gasteiger partial charge in [-0.25, -0.2) is 4.85 Å². The van der Waals surface area contributed by atoms with Crippen LogP contribution in [0.3, 0.4) is 0 Å². The van der Waals surface area contributed by atoms with Crippen molar-refractivity contribution < 1.29 is 65.9 Å². The van der Waals surface area contributed by atoms with Crippen molar-refractivity contribution in [1.29, 1.82) is 0 Å². The maximum Gasteiger partial charge on any atom is 0.417 e. The van der Waals surface area contributed by atoms with Crippen LogP contribution in [0.4, 0.5) is 71.5 Å². The topological polar surface area (TPSA) is 14.2 Å². The highest BCUT2D eigenvalue weighted by molar-refractivity contribution is 6.14. The second kappa shape index (κ2) is 21.0. The minimum absolute atomic E-state index is 0.122. The van der Waals surface area contributed by atoms with E-state index in [0.717, 1.165) is 48.5 Å². The summed E-state index contributed by atoms with van der Waals surface area (Å²) < 4.78 is 221. The van der Waals surface area contributed by atoms with E-state index in [2.05, 4.69) is 4.85 Å². The number of aryl methyl sites for hydroxylation is 5. The van der Waals surface area contributed by atoms with Gasteiger partial charge in [0.15, 0.2) is 5.69 Å². The van der Waals surface area contributed by atoms with Gasteiger partial charge in [-0.2, -0.15) is 65.9 Å². The van der Waals surface area contributed by atoms with Crippen LogP contribution in [0.2, 0.25) is 0 Å². The van der Waals surface area contributed by atoms with Crippen LogP contribution in [0.15, 0.2) is 176 Å². The van der Waals surface area contributed by atoms with E-state index in [1.54, 1.807) is 75.9 Å². The second-order valence-corrected chi connectivity index (χ2v) is 22.2. The molecule has 10 aromatic carbocycles. The zero-order valence-electron chi connectivity index (χ0n) is 47.3. The van der Waals surface area contributed by atoms with E-state index in [1.807, 2.05) is 0 Å². The standard InChI is InChI=1S/C71H44F15N3/c1-36-10-18-51(58(26-36)71(84,85)86)44-14-25-63-55(33-44)54-32-43(50-21-17-47(29-40(50)5)69(78,79)80)13-24-62(54)89(63)65-35-59(87-6)56(66-37(2)8-7-9-57(66)70(81,82)83)34-64(65)88-60-22-11-41(48-19-15-45(27-38(48)3)67(72,73)74)30-52(60)53-31-42(12-23-61(53)88)49-20-16-46(28-39(49)4)68(75,76)77/h7-35H,1-5H3. The molecule has 12 aromatic rings. The summed E-state index contributed by atoms with van der Waals surface area (Å²) >= 11 is 0. The molecule has 12 rings (SSSR count). The molecular weight excluding hydrogens is 1180 g/mol. The number of benzene rings is 10. The van der Waals surface area contributed by atoms with Gasteiger partial charge in [0.05, 0.1) is 67.8 Å². The predicted octanol–water partition coefficient (Wildman–Crippen LogP) is 23.4. The van der Waals surface area contributed by atoms with Gasteiger partial charge >= 0.3 is 30.9 Å². The van der Waals surface area contributed by atoms with Gasteiger partial charge in [-0.05, 0) is 222 Å². The lowest BCUT2D eigenvalue weighted by Crippen LogP contribution is -2.09. The van der Waals surface area contributed by atoms with E-state index in [-0.39, 0.29) is 61.6 Å². The first kappa shape index (κ1) is 59.6. The Morgan fingerprint density at radius 2 is 0.674 bits per heavy atom. The van der Waals surface area contributed by atoms with Crippen LogP contribution < -0.4 is 0 Å². The average Bonchev–Trinajstić information content (AvgIpc) is 1.59. The molecule has 0 amide bonds. The maximum atomic E-state index is 15.4. The van der Waals surface area contributed by atoms with Crippen LogP contribution in [0, 0.1) is 41.2 Å². The molecule has 0 bridgehead atoms. The Kier molecular flexibility index (Phi) is 14.0. The maximum absolute atomic E-state index is 15.4. The van der Waals surface area contributed by atoms with E-state index >= 15 is 13.2 Å². The number of rotatable bonds is 7. The van der Waals surface area contributed by atoms with Crippen LogP contribution in [0.5, 0.6) is 0 Å². The first-order chi connectivity index (χ1) is 41.8. The Bertz CT molecular complexity index is 4840. The zero-order chi connectivity index (χ0) is 63.8. The Morgan fingerprint density at radius 3 is 1.02 bits per heavy atom. The normalized spacial score (nSPS) is 12.7. The lowest BCUT2D eigenvalue weighted by atomic mass is 9.92. The number of aromatic nitrogens is 2. The summed E-state index contributed by atoms with van der Waals surface area (Å²) in [5.74, 6) is 0. The lowest BCUT2D eigenvalue weighted by Gasteiger charge is -2.22. The fraction of sp³-hybridized carbons (Fsp3) is 0.141. The molecule has 0 radical (unpaired) electrons. The smallest absolute Gasteiger partial charge is 0.308 e. The van der Waals surface area contributed by atoms with Gasteiger partial charge in [-0.15, -0.1) is 0 Å². The summed E-state index contributed by atoms with van der Waals surface area (Å²) in [5, 5.41) is 1.55. The summed E-state index contributed by atoms with van der Waals surface area (Å²) in [7, 11) is 0. The molecule has 3 nitrogen and oxygen atoms in total. The molecule has 0 saturated carbocycles. The van der Waals surface area contributed by atoms with Crippen molar-refractivity contribution >= 4 is 49.3 Å². The van der Waals surface area contributed by atoms with Crippen molar-refractivity contribution in [3.63, 3.8) is 0 Å². The highest BCUT2D eigenvalue weighted by Gasteiger charge is 2.38. The van der Waals surface area contributed by atoms with Crippen LogP contribution in [-0.4, -0.2) is 9.13 Å². The molecule has 18 heteroatoms. The van der Waals surface area contributed by atoms with E-state index in [4.69, 9.17) is 6.57 Å². The van der Waals surface area contributed by atoms with Crippen molar-refractivity contribution in [2.75, 3.05) is 0 Å². The van der Waals surface area contributed by atoms with Crippen molar-refractivity contribution in [1.82, 2.24) is 9.13 Å². The molecule has 0 fully saturated rings. The molecule has 0 atom stereocenters. The van der Waals surface area contributed by atoms with Crippen molar-refractivity contribution in [2.24, 2.45) is 0 Å². The fourth-order valence-corrected chi connectivity index (χ4v) is 12.4. The van der Waals surface area contributed by atoms with Gasteiger partial charge in [0, 0.05) is 21.5 Å². The largest absolute Gasteiger partial charge is 0.417 e. The molecule has 0 aliphatic carbocycles. The van der Waals surface area contributed by atoms with Crippen LogP contribution >= 0.6 is 0 Å². The molecule has 0 N–H and O–H groups in total. The average molecular weight is 1220 g/mol. The number of hydrogen-bond donors (Lipinski definition) is 0. The molecule has 0 unspecified atom stereocenters. The molecule has 448 valence electrons. The third-order valence-corrected chi connectivity index (χ3v) is 16.5. The van der Waals surface area contributed by atoms with E-state index in [1.165, 1.54) is 95.3 Å². The van der Waals surface area contributed by atoms with Gasteiger partial charge in [0.25, 0.3) is 0 Å². The van der Waals surface area contributed by atoms with E-state index in [0.29, 0.717) is 82.6 Å². The number of alkyl halides is 15. The van der Waals surface area contributed by atoms with Crippen molar-refractivity contribution in [3.05, 3.63) is 243 Å². The van der Waals surface area contributed by atoms with Crippen LogP contribution in [0.25, 0.3) is 115 Å². The molecular formula is C71H44F15N3. The van der Waals surface area contributed by atoms with Gasteiger partial charge in [0.1, 0.15) is 0 Å². The van der Waals surface area contributed by atoms with Crippen LogP contribution in [-0.2, 0) is 30.9 Å². The lowest BCUT2D eigenvalue weighted by molar-refractivity contribution is -0.138. The van der Waals surface area contributed by atoms with Gasteiger partial charge in [-0.3, -0.25) is 0 Å². The third-order valence-electron chi connectivity index (χ3n) is 16.5. The summed E-state index contributed by atoms with van der Waals surface area (Å²) in [6.07, 6.45) is -23.8. The summed E-state index contributed by atoms with van der Waals surface area (Å²) in [6, 6.07) is 39.7. The number of hydrogen-bond acceptors (Lipinski definition) is 0. The van der Waals surface area contributed by atoms with Crippen LogP contribution in [0.1, 0.15) is 55.6 Å². The minimum Gasteiger partial charge on any atom is -0.308 e. The molecule has 2 aromatic heterocycles. The Balaban J connectivity index is 1.22. The summed E-state index contributed by atoms with van der Waals surface area (Å²) in [5.41, 5.74) is -0.138. The quantitative estimate of drug-likeness (QED) is 0.112. The van der Waals surface area contributed by atoms with Gasteiger partial charge in [-0.1, -0.05) is 72.3 Å². The highest BCUT2D eigenvalue weighted by Crippen LogP contribution is 2.50. The molecule has 2 heterocycles. The van der Waals surface area contributed by atoms with E-state index < -0.39 is 58.7 Å². The number of halogens is 15. The minimum atomic E-state index is -4.96. The summed E-state index contributed by atoms with van der Waals surface area (Å²) in [4.78, 5) is 3.85. The number of fused-ring (bicyclic) bond motifs is 6. The van der Waals surface area contributed by atoms with Crippen molar-refractivity contribution in [3.8, 4) is 67.0 Å². The SMILES string of the molecule is [C-]#[N+]c1cc(-n2c3ccc(-c4ccc(C(F)(F)F)cc4C)cc3c3cc(-c4ccc(C)cc4C(F)(F)F)ccc32)c(-n2c3ccc(-c4ccc(C(F)(F)F)cc4C)cc3c3cc(-c4ccc(C(F)(F)F)cc4C)ccc32)cc1-c1c(C)cccc1C(F)(F)F. The molecule has 0 spiro atoms. The van der Waals surface area contributed by atoms with Crippen molar-refractivity contribution in [2.45, 2.75) is 65.5 Å². The molecule has 0 aliphatic rings. The zero-order valence-corrected chi connectivity index (χ0v) is 47.3. The summed E-state index contributed by atoms with van der Waals surface area (Å²) in [6.45, 7) is 16.2. The third kappa shape index (κ3) is 10.5. The number of nitrogens with zero attached hydrogens (tertiary/aromatic N) is 3. The molecule has 89 heavy (non-hydrogen) atoms. The fourth-order valence-electron chi connectivity index (χ4n) is 12.4. The first-order valence-electron chi connectivity index (χ1n) is 27.4. The van der Waals surface area contributed by atoms with E-state index in [9.17, 15) is 52.7 Å². The Hall–Kier alpha value is -9.76. The second-order valence-electron chi connectivity index (χ2n) is 22.2.